The molecule has 0 aliphatic carbocycles. The van der Waals surface area contributed by atoms with Gasteiger partial charge in [-0.1, -0.05) is 54.1 Å². The van der Waals surface area contributed by atoms with Crippen LogP contribution in [0, 0.1) is 6.92 Å². The van der Waals surface area contributed by atoms with Crippen LogP contribution in [-0.2, 0) is 13.0 Å². The summed E-state index contributed by atoms with van der Waals surface area (Å²) in [6.45, 7) is 2.40. The third kappa shape index (κ3) is 3.71. The molecular weight excluding hydrogens is 362 g/mol. The summed E-state index contributed by atoms with van der Waals surface area (Å²) in [5, 5.41) is 6.86. The summed E-state index contributed by atoms with van der Waals surface area (Å²) in [6, 6.07) is 17.4. The molecule has 0 bridgehead atoms. The molecule has 0 amide bonds. The van der Waals surface area contributed by atoms with Gasteiger partial charge in [-0.3, -0.25) is 9.89 Å². The molecule has 2 aromatic heterocycles. The van der Waals surface area contributed by atoms with Crippen LogP contribution in [0.1, 0.15) is 22.4 Å². The summed E-state index contributed by atoms with van der Waals surface area (Å²) in [4.78, 5) is 21.7. The second-order valence-corrected chi connectivity index (χ2v) is 6.77. The van der Waals surface area contributed by atoms with Gasteiger partial charge in [0.15, 0.2) is 0 Å². The van der Waals surface area contributed by atoms with Crippen LogP contribution in [0.4, 0.5) is 5.95 Å². The van der Waals surface area contributed by atoms with E-state index in [1.165, 1.54) is 4.52 Å². The zero-order valence-electron chi connectivity index (χ0n) is 14.7. The van der Waals surface area contributed by atoms with Gasteiger partial charge in [0.1, 0.15) is 0 Å². The van der Waals surface area contributed by atoms with E-state index in [4.69, 9.17) is 11.6 Å². The van der Waals surface area contributed by atoms with Crippen molar-refractivity contribution in [2.75, 3.05) is 5.32 Å². The Balaban J connectivity index is 1.61. The maximum atomic E-state index is 12.9. The predicted octanol–water partition coefficient (Wildman–Crippen LogP) is 3.58. The van der Waals surface area contributed by atoms with Gasteiger partial charge in [-0.2, -0.15) is 9.50 Å². The second kappa shape index (κ2) is 7.25. The van der Waals surface area contributed by atoms with Crippen LogP contribution in [0.5, 0.6) is 0 Å². The Morgan fingerprint density at radius 3 is 2.52 bits per heavy atom. The molecule has 6 nitrogen and oxygen atoms in total. The van der Waals surface area contributed by atoms with Crippen molar-refractivity contribution in [2.45, 2.75) is 19.9 Å². The fourth-order valence-electron chi connectivity index (χ4n) is 2.93. The van der Waals surface area contributed by atoms with Crippen molar-refractivity contribution in [1.29, 1.82) is 0 Å². The average molecular weight is 380 g/mol. The number of hydrogen-bond donors (Lipinski definition) is 2. The molecule has 4 rings (SSSR count). The maximum Gasteiger partial charge on any atom is 0.277 e. The summed E-state index contributed by atoms with van der Waals surface area (Å²) in [6.07, 6.45) is 0.536. The Bertz CT molecular complexity index is 1130. The maximum absolute atomic E-state index is 12.9. The number of H-pyrrole nitrogens is 1. The van der Waals surface area contributed by atoms with E-state index in [2.05, 4.69) is 20.4 Å². The van der Waals surface area contributed by atoms with Crippen LogP contribution < -0.4 is 10.9 Å². The topological polar surface area (TPSA) is 75.1 Å². The first-order valence-electron chi connectivity index (χ1n) is 8.60. The number of fused-ring (bicyclic) bond motifs is 1. The van der Waals surface area contributed by atoms with Gasteiger partial charge in [-0.15, -0.1) is 0 Å². The van der Waals surface area contributed by atoms with E-state index in [-0.39, 0.29) is 5.56 Å². The number of aromatic amines is 1. The van der Waals surface area contributed by atoms with Crippen LogP contribution in [0.15, 0.2) is 59.4 Å². The Labute approximate surface area is 160 Å². The minimum Gasteiger partial charge on any atom is -0.351 e. The third-order valence-electron chi connectivity index (χ3n) is 4.39. The molecule has 0 aliphatic rings. The number of nitrogens with zero attached hydrogens (tertiary/aromatic N) is 3. The van der Waals surface area contributed by atoms with Gasteiger partial charge in [0.25, 0.3) is 11.3 Å². The molecule has 27 heavy (non-hydrogen) atoms. The molecule has 2 N–H and O–H groups in total. The minimum atomic E-state index is -0.131. The molecule has 0 atom stereocenters. The van der Waals surface area contributed by atoms with Crippen LogP contribution >= 0.6 is 11.6 Å². The lowest BCUT2D eigenvalue weighted by Gasteiger charge is -2.04. The number of anilines is 1. The first kappa shape index (κ1) is 17.3. The SMILES string of the molecule is Cc1nc2nc(NCc3ccc(Cl)cc3)[nH]n2c(=O)c1Cc1ccccc1. The summed E-state index contributed by atoms with van der Waals surface area (Å²) in [5.41, 5.74) is 3.35. The lowest BCUT2D eigenvalue weighted by Crippen LogP contribution is -2.22. The number of hydrogen-bond acceptors (Lipinski definition) is 4. The van der Waals surface area contributed by atoms with Crippen molar-refractivity contribution < 1.29 is 0 Å². The molecule has 2 heterocycles. The molecule has 7 heteroatoms. The Morgan fingerprint density at radius 1 is 1.04 bits per heavy atom. The minimum absolute atomic E-state index is 0.131. The fourth-order valence-corrected chi connectivity index (χ4v) is 3.05. The van der Waals surface area contributed by atoms with Gasteiger partial charge in [-0.05, 0) is 30.2 Å². The van der Waals surface area contributed by atoms with E-state index in [0.29, 0.717) is 41.0 Å². The summed E-state index contributed by atoms with van der Waals surface area (Å²) < 4.78 is 1.38. The van der Waals surface area contributed by atoms with E-state index < -0.39 is 0 Å². The van der Waals surface area contributed by atoms with Crippen molar-refractivity contribution in [3.05, 3.63) is 92.4 Å². The van der Waals surface area contributed by atoms with Crippen molar-refractivity contribution in [2.24, 2.45) is 0 Å². The Hall–Kier alpha value is -3.12. The third-order valence-corrected chi connectivity index (χ3v) is 4.64. The smallest absolute Gasteiger partial charge is 0.277 e. The van der Waals surface area contributed by atoms with Gasteiger partial charge >= 0.3 is 0 Å². The van der Waals surface area contributed by atoms with Gasteiger partial charge in [-0.25, -0.2) is 4.98 Å². The Morgan fingerprint density at radius 2 is 1.78 bits per heavy atom. The van der Waals surface area contributed by atoms with E-state index in [9.17, 15) is 4.79 Å². The van der Waals surface area contributed by atoms with Crippen LogP contribution in [0.25, 0.3) is 5.78 Å². The standard InChI is InChI=1S/C20H18ClN5O/c1-13-17(11-14-5-3-2-4-6-14)18(27)26-20(23-13)24-19(25-26)22-12-15-7-9-16(21)10-8-15/h2-10H,11-12H2,1H3,(H2,22,23,24,25). The van der Waals surface area contributed by atoms with E-state index in [1.54, 1.807) is 0 Å². The number of rotatable bonds is 5. The lowest BCUT2D eigenvalue weighted by molar-refractivity contribution is 0.857. The van der Waals surface area contributed by atoms with Crippen molar-refractivity contribution in [1.82, 2.24) is 19.6 Å². The van der Waals surface area contributed by atoms with Gasteiger partial charge in [0.2, 0.25) is 5.95 Å². The molecule has 0 unspecified atom stereocenters. The van der Waals surface area contributed by atoms with Crippen molar-refractivity contribution in [3.8, 4) is 0 Å². The molecule has 0 spiro atoms. The number of aryl methyl sites for hydroxylation is 1. The summed E-state index contributed by atoms with van der Waals surface area (Å²) in [5.74, 6) is 0.846. The van der Waals surface area contributed by atoms with Crippen molar-refractivity contribution >= 4 is 23.3 Å². The Kier molecular flexibility index (Phi) is 4.64. The highest BCUT2D eigenvalue weighted by molar-refractivity contribution is 6.30. The highest BCUT2D eigenvalue weighted by atomic mass is 35.5. The molecular formula is C20H18ClN5O. The number of aromatic nitrogens is 4. The van der Waals surface area contributed by atoms with Gasteiger partial charge in [0.05, 0.1) is 5.69 Å². The lowest BCUT2D eigenvalue weighted by atomic mass is 10.1. The number of nitrogens with one attached hydrogen (secondary N) is 2. The number of benzene rings is 2. The van der Waals surface area contributed by atoms with E-state index in [0.717, 1.165) is 11.1 Å². The molecule has 0 saturated carbocycles. The quantitative estimate of drug-likeness (QED) is 0.555. The fraction of sp³-hybridized carbons (Fsp3) is 0.150. The summed E-state index contributed by atoms with van der Waals surface area (Å²) in [7, 11) is 0. The molecule has 0 radical (unpaired) electrons. The molecule has 4 aromatic rings. The second-order valence-electron chi connectivity index (χ2n) is 6.33. The monoisotopic (exact) mass is 379 g/mol. The molecule has 0 saturated heterocycles. The summed E-state index contributed by atoms with van der Waals surface area (Å²) >= 11 is 5.90. The van der Waals surface area contributed by atoms with Crippen LogP contribution in [0.2, 0.25) is 5.02 Å². The van der Waals surface area contributed by atoms with E-state index in [1.807, 2.05) is 61.5 Å². The van der Waals surface area contributed by atoms with E-state index >= 15 is 0 Å². The van der Waals surface area contributed by atoms with Crippen LogP contribution in [0.3, 0.4) is 0 Å². The highest BCUT2D eigenvalue weighted by Crippen LogP contribution is 2.12. The molecule has 0 aliphatic heterocycles. The predicted molar refractivity (Wildman–Crippen MR) is 106 cm³/mol. The zero-order valence-corrected chi connectivity index (χ0v) is 15.5. The highest BCUT2D eigenvalue weighted by Gasteiger charge is 2.13. The first-order valence-corrected chi connectivity index (χ1v) is 8.98. The van der Waals surface area contributed by atoms with Crippen molar-refractivity contribution in [3.63, 3.8) is 0 Å². The average Bonchev–Trinajstić information content (AvgIpc) is 3.08. The largest absolute Gasteiger partial charge is 0.351 e. The van der Waals surface area contributed by atoms with Gasteiger partial charge < -0.3 is 5.32 Å². The first-order chi connectivity index (χ1) is 13.1. The van der Waals surface area contributed by atoms with Crippen LogP contribution in [-0.4, -0.2) is 19.6 Å². The molecule has 136 valence electrons. The zero-order chi connectivity index (χ0) is 18.8. The van der Waals surface area contributed by atoms with Gasteiger partial charge in [0, 0.05) is 23.6 Å². The number of halogens is 1. The molecule has 2 aromatic carbocycles. The normalized spacial score (nSPS) is 11.0. The molecule has 0 fully saturated rings.